The molecule has 6 heteroatoms. The molecule has 96 valence electrons. The second-order valence-corrected chi connectivity index (χ2v) is 4.02. The summed E-state index contributed by atoms with van der Waals surface area (Å²) in [6, 6.07) is 4.61. The Kier molecular flexibility index (Phi) is 3.57. The Labute approximate surface area is 103 Å². The first kappa shape index (κ1) is 12.5. The third-order valence-electron chi connectivity index (χ3n) is 2.75. The number of carboxylic acid groups (broad SMARTS) is 1. The summed E-state index contributed by atoms with van der Waals surface area (Å²) in [7, 11) is 0. The highest BCUT2D eigenvalue weighted by Gasteiger charge is 2.33. The van der Waals surface area contributed by atoms with Gasteiger partial charge in [0.1, 0.15) is 12.4 Å². The molecule has 1 aromatic rings. The molecule has 0 saturated carbocycles. The number of rotatable bonds is 3. The maximum Gasteiger partial charge on any atom is 0.328 e. The molecule has 0 spiro atoms. The second kappa shape index (κ2) is 5.14. The van der Waals surface area contributed by atoms with E-state index in [1.807, 2.05) is 0 Å². The van der Waals surface area contributed by atoms with Crippen LogP contribution >= 0.6 is 0 Å². The van der Waals surface area contributed by atoms with Crippen molar-refractivity contribution in [1.82, 2.24) is 4.90 Å². The number of aliphatic carboxylic acids is 1. The summed E-state index contributed by atoms with van der Waals surface area (Å²) < 4.78 is 17.7. The van der Waals surface area contributed by atoms with Gasteiger partial charge in [0.2, 0.25) is 5.91 Å². The van der Waals surface area contributed by atoms with E-state index in [4.69, 9.17) is 9.84 Å². The Bertz CT molecular complexity index is 460. The van der Waals surface area contributed by atoms with Crippen LogP contribution in [0.4, 0.5) is 4.39 Å². The van der Waals surface area contributed by atoms with Gasteiger partial charge in [0.05, 0.1) is 6.61 Å². The van der Waals surface area contributed by atoms with E-state index >= 15 is 0 Å². The van der Waals surface area contributed by atoms with Crippen molar-refractivity contribution in [3.8, 4) is 0 Å². The number of halogens is 1. The molecule has 5 nitrogen and oxygen atoms in total. The molecule has 1 aliphatic rings. The smallest absolute Gasteiger partial charge is 0.328 e. The second-order valence-electron chi connectivity index (χ2n) is 4.02. The van der Waals surface area contributed by atoms with E-state index in [1.54, 1.807) is 0 Å². The van der Waals surface area contributed by atoms with Gasteiger partial charge < -0.3 is 14.7 Å². The zero-order valence-corrected chi connectivity index (χ0v) is 9.51. The van der Waals surface area contributed by atoms with Gasteiger partial charge in [0.25, 0.3) is 0 Å². The van der Waals surface area contributed by atoms with Gasteiger partial charge in [-0.3, -0.25) is 4.79 Å². The third kappa shape index (κ3) is 2.65. The Morgan fingerprint density at radius 3 is 2.72 bits per heavy atom. The van der Waals surface area contributed by atoms with Crippen LogP contribution in [0.1, 0.15) is 5.56 Å². The normalized spacial score (nSPS) is 19.9. The minimum absolute atomic E-state index is 0.0255. The molecule has 1 aliphatic heterocycles. The molecule has 0 radical (unpaired) electrons. The maximum absolute atomic E-state index is 12.8. The van der Waals surface area contributed by atoms with Crippen LogP contribution in [0.5, 0.6) is 0 Å². The summed E-state index contributed by atoms with van der Waals surface area (Å²) in [5.41, 5.74) is 0.679. The molecule has 1 atom stereocenters. The summed E-state index contributed by atoms with van der Waals surface area (Å²) in [4.78, 5) is 23.9. The number of carbonyl (C=O) groups is 2. The monoisotopic (exact) mass is 253 g/mol. The van der Waals surface area contributed by atoms with Crippen LogP contribution in [0.25, 0.3) is 0 Å². The average Bonchev–Trinajstić information content (AvgIpc) is 2.34. The number of carboxylic acids is 1. The fourth-order valence-electron chi connectivity index (χ4n) is 1.79. The van der Waals surface area contributed by atoms with Gasteiger partial charge in [-0.1, -0.05) is 12.1 Å². The molecule has 1 amide bonds. The minimum atomic E-state index is -1.11. The molecule has 1 heterocycles. The van der Waals surface area contributed by atoms with Gasteiger partial charge in [-0.05, 0) is 17.7 Å². The lowest BCUT2D eigenvalue weighted by molar-refractivity contribution is -0.163. The van der Waals surface area contributed by atoms with E-state index in [0.29, 0.717) is 5.56 Å². The number of hydrogen-bond donors (Lipinski definition) is 1. The molecule has 1 unspecified atom stereocenters. The van der Waals surface area contributed by atoms with Crippen LogP contribution in [0.3, 0.4) is 0 Å². The fraction of sp³-hybridized carbons (Fsp3) is 0.333. The van der Waals surface area contributed by atoms with Gasteiger partial charge in [0, 0.05) is 6.54 Å². The average molecular weight is 253 g/mol. The zero-order chi connectivity index (χ0) is 13.1. The molecular weight excluding hydrogens is 241 g/mol. The Balaban J connectivity index is 2.15. The van der Waals surface area contributed by atoms with Crippen LogP contribution in [0, 0.1) is 5.82 Å². The maximum atomic E-state index is 12.8. The van der Waals surface area contributed by atoms with E-state index in [2.05, 4.69) is 0 Å². The lowest BCUT2D eigenvalue weighted by atomic mass is 10.1. The van der Waals surface area contributed by atoms with Crippen LogP contribution in [-0.2, 0) is 20.9 Å². The van der Waals surface area contributed by atoms with Gasteiger partial charge >= 0.3 is 5.97 Å². The van der Waals surface area contributed by atoms with Crippen molar-refractivity contribution in [3.05, 3.63) is 35.6 Å². The number of ether oxygens (including phenoxy) is 1. The summed E-state index contributed by atoms with van der Waals surface area (Å²) in [5.74, 6) is -1.86. The van der Waals surface area contributed by atoms with Crippen LogP contribution in [0.2, 0.25) is 0 Å². The first-order valence-corrected chi connectivity index (χ1v) is 5.42. The van der Waals surface area contributed by atoms with Gasteiger partial charge in [-0.25, -0.2) is 9.18 Å². The van der Waals surface area contributed by atoms with E-state index < -0.39 is 12.0 Å². The molecular formula is C12H12FNO4. The van der Waals surface area contributed by atoms with Crippen molar-refractivity contribution < 1.29 is 23.8 Å². The number of amides is 1. The Hall–Kier alpha value is -1.95. The molecule has 0 aromatic heterocycles. The molecule has 1 saturated heterocycles. The minimum Gasteiger partial charge on any atom is -0.480 e. The van der Waals surface area contributed by atoms with Gasteiger partial charge in [-0.2, -0.15) is 0 Å². The van der Waals surface area contributed by atoms with E-state index in [1.165, 1.54) is 29.2 Å². The quantitative estimate of drug-likeness (QED) is 0.858. The van der Waals surface area contributed by atoms with Crippen LogP contribution in [0.15, 0.2) is 24.3 Å². The molecule has 18 heavy (non-hydrogen) atoms. The molecule has 0 aliphatic carbocycles. The highest BCUT2D eigenvalue weighted by Crippen LogP contribution is 2.14. The number of nitrogens with zero attached hydrogens (tertiary/aromatic N) is 1. The van der Waals surface area contributed by atoms with Crippen molar-refractivity contribution in [2.75, 3.05) is 13.2 Å². The highest BCUT2D eigenvalue weighted by molar-refractivity contribution is 5.85. The van der Waals surface area contributed by atoms with E-state index in [9.17, 15) is 14.0 Å². The lowest BCUT2D eigenvalue weighted by Gasteiger charge is -2.32. The van der Waals surface area contributed by atoms with E-state index in [0.717, 1.165) is 0 Å². The fourth-order valence-corrected chi connectivity index (χ4v) is 1.79. The lowest BCUT2D eigenvalue weighted by Crippen LogP contribution is -2.52. The van der Waals surface area contributed by atoms with Crippen molar-refractivity contribution >= 4 is 11.9 Å². The van der Waals surface area contributed by atoms with Crippen molar-refractivity contribution in [3.63, 3.8) is 0 Å². The van der Waals surface area contributed by atoms with Crippen molar-refractivity contribution in [1.29, 1.82) is 0 Å². The standard InChI is InChI=1S/C12H12FNO4/c13-9-3-1-8(2-4-9)5-14-10(12(16)17)6-18-7-11(14)15/h1-4,10H,5-7H2,(H,16,17). The van der Waals surface area contributed by atoms with Gasteiger partial charge in [0.15, 0.2) is 6.04 Å². The first-order chi connectivity index (χ1) is 8.58. The van der Waals surface area contributed by atoms with Crippen molar-refractivity contribution in [2.24, 2.45) is 0 Å². The highest BCUT2D eigenvalue weighted by atomic mass is 19.1. The largest absolute Gasteiger partial charge is 0.480 e. The summed E-state index contributed by atoms with van der Waals surface area (Å²) in [5, 5.41) is 9.01. The predicted octanol–water partition coefficient (Wildman–Crippen LogP) is 0.638. The zero-order valence-electron chi connectivity index (χ0n) is 9.51. The van der Waals surface area contributed by atoms with Crippen LogP contribution in [-0.4, -0.2) is 41.1 Å². The number of hydrogen-bond acceptors (Lipinski definition) is 3. The van der Waals surface area contributed by atoms with Gasteiger partial charge in [-0.15, -0.1) is 0 Å². The topological polar surface area (TPSA) is 66.8 Å². The number of benzene rings is 1. The number of morpholine rings is 1. The first-order valence-electron chi connectivity index (χ1n) is 5.42. The summed E-state index contributed by atoms with van der Waals surface area (Å²) in [6.07, 6.45) is 0. The van der Waals surface area contributed by atoms with Crippen molar-refractivity contribution in [2.45, 2.75) is 12.6 Å². The third-order valence-corrected chi connectivity index (χ3v) is 2.75. The Morgan fingerprint density at radius 2 is 2.11 bits per heavy atom. The molecule has 1 aromatic carbocycles. The van der Waals surface area contributed by atoms with Crippen LogP contribution < -0.4 is 0 Å². The molecule has 0 bridgehead atoms. The summed E-state index contributed by atoms with van der Waals surface area (Å²) >= 11 is 0. The number of carbonyl (C=O) groups excluding carboxylic acids is 1. The Morgan fingerprint density at radius 1 is 1.44 bits per heavy atom. The SMILES string of the molecule is O=C(O)C1COCC(=O)N1Cc1ccc(F)cc1. The molecule has 1 fully saturated rings. The molecule has 2 rings (SSSR count). The van der Waals surface area contributed by atoms with E-state index in [-0.39, 0.29) is 31.5 Å². The molecule has 1 N–H and O–H groups in total. The predicted molar refractivity (Wildman–Crippen MR) is 59.2 cm³/mol. The summed E-state index contributed by atoms with van der Waals surface area (Å²) in [6.45, 7) is -0.00726.